The highest BCUT2D eigenvalue weighted by molar-refractivity contribution is 5.75. The second-order valence-corrected chi connectivity index (χ2v) is 2.52. The molecule has 0 radical (unpaired) electrons. The molecule has 1 aromatic heterocycles. The highest BCUT2D eigenvalue weighted by atomic mass is 16.5. The number of carbonyl (C=O) groups excluding carboxylic acids is 1. The molecule has 1 aromatic rings. The summed E-state index contributed by atoms with van der Waals surface area (Å²) in [5.74, 6) is 0.427. The average Bonchev–Trinajstić information content (AvgIpc) is 2.64. The van der Waals surface area contributed by atoms with E-state index < -0.39 is 0 Å². The van der Waals surface area contributed by atoms with Crippen LogP contribution in [0.15, 0.2) is 10.9 Å². The number of carbonyl (C=O) groups is 1. The summed E-state index contributed by atoms with van der Waals surface area (Å²) in [5.41, 5.74) is 5.25. The van der Waals surface area contributed by atoms with Gasteiger partial charge < -0.3 is 15.6 Å². The smallest absolute Gasteiger partial charge is 0.220 e. The normalized spacial score (nSPS) is 9.92. The lowest BCUT2D eigenvalue weighted by Gasteiger charge is -2.00. The molecule has 1 amide bonds. The summed E-state index contributed by atoms with van der Waals surface area (Å²) >= 11 is 0. The van der Waals surface area contributed by atoms with Crippen LogP contribution in [0.1, 0.15) is 18.7 Å². The van der Waals surface area contributed by atoms with Crippen molar-refractivity contribution in [1.82, 2.24) is 15.5 Å². The van der Waals surface area contributed by atoms with E-state index in [1.807, 2.05) is 0 Å². The van der Waals surface area contributed by atoms with Crippen LogP contribution in [0, 0.1) is 0 Å². The van der Waals surface area contributed by atoms with Gasteiger partial charge in [-0.15, -0.1) is 0 Å². The largest absolute Gasteiger partial charge is 0.349 e. The van der Waals surface area contributed by atoms with Gasteiger partial charge in [-0.2, -0.15) is 4.98 Å². The van der Waals surface area contributed by atoms with Gasteiger partial charge in [0.2, 0.25) is 12.3 Å². The number of nitrogens with two attached hydrogens (primary N) is 1. The Morgan fingerprint density at radius 2 is 2.54 bits per heavy atom. The Labute approximate surface area is 75.5 Å². The number of rotatable bonds is 5. The van der Waals surface area contributed by atoms with Crippen molar-refractivity contribution in [2.45, 2.75) is 19.4 Å². The topological polar surface area (TPSA) is 94.0 Å². The van der Waals surface area contributed by atoms with Crippen LogP contribution < -0.4 is 11.1 Å². The monoisotopic (exact) mass is 184 g/mol. The number of hydrogen-bond acceptors (Lipinski definition) is 5. The zero-order chi connectivity index (χ0) is 9.52. The Bertz CT molecular complexity index is 247. The first-order valence-electron chi connectivity index (χ1n) is 4.05. The van der Waals surface area contributed by atoms with Gasteiger partial charge in [0.15, 0.2) is 5.82 Å². The average molecular weight is 184 g/mol. The van der Waals surface area contributed by atoms with E-state index in [2.05, 4.69) is 20.0 Å². The first kappa shape index (κ1) is 9.66. The van der Waals surface area contributed by atoms with Crippen LogP contribution in [0.5, 0.6) is 0 Å². The lowest BCUT2D eigenvalue weighted by atomic mass is 10.3. The van der Waals surface area contributed by atoms with Crippen molar-refractivity contribution in [2.24, 2.45) is 5.73 Å². The van der Waals surface area contributed by atoms with Gasteiger partial charge in [-0.25, -0.2) is 0 Å². The molecular formula is C7H12N4O2. The maximum Gasteiger partial charge on any atom is 0.220 e. The molecule has 3 N–H and O–H groups in total. The number of nitrogens with one attached hydrogen (secondary N) is 1. The molecule has 72 valence electrons. The van der Waals surface area contributed by atoms with Gasteiger partial charge in [-0.3, -0.25) is 4.79 Å². The van der Waals surface area contributed by atoms with E-state index in [4.69, 9.17) is 5.73 Å². The second-order valence-electron chi connectivity index (χ2n) is 2.52. The van der Waals surface area contributed by atoms with Crippen LogP contribution in [0.4, 0.5) is 0 Å². The van der Waals surface area contributed by atoms with Crippen molar-refractivity contribution in [3.63, 3.8) is 0 Å². The minimum atomic E-state index is -0.0461. The summed E-state index contributed by atoms with van der Waals surface area (Å²) < 4.78 is 4.50. The highest BCUT2D eigenvalue weighted by Gasteiger charge is 2.02. The zero-order valence-electron chi connectivity index (χ0n) is 7.19. The predicted octanol–water partition coefficient (Wildman–Crippen LogP) is -0.575. The number of amides is 1. The summed E-state index contributed by atoms with van der Waals surface area (Å²) in [5, 5.41) is 6.18. The first-order valence-corrected chi connectivity index (χ1v) is 4.05. The van der Waals surface area contributed by atoms with E-state index in [-0.39, 0.29) is 5.91 Å². The van der Waals surface area contributed by atoms with Crippen LogP contribution >= 0.6 is 0 Å². The summed E-state index contributed by atoms with van der Waals surface area (Å²) in [6.45, 7) is 0.829. The summed E-state index contributed by atoms with van der Waals surface area (Å²) in [6, 6.07) is 0. The van der Waals surface area contributed by atoms with Gasteiger partial charge in [0.05, 0.1) is 6.54 Å². The molecule has 0 aliphatic carbocycles. The van der Waals surface area contributed by atoms with E-state index >= 15 is 0 Å². The van der Waals surface area contributed by atoms with Crippen molar-refractivity contribution in [3.05, 3.63) is 12.2 Å². The van der Waals surface area contributed by atoms with Crippen LogP contribution in [0.25, 0.3) is 0 Å². The fourth-order valence-electron chi connectivity index (χ4n) is 0.799. The van der Waals surface area contributed by atoms with Crippen LogP contribution in [-0.2, 0) is 11.3 Å². The molecule has 0 fully saturated rings. The molecule has 0 saturated carbocycles. The molecule has 6 heteroatoms. The second kappa shape index (κ2) is 5.26. The molecule has 0 unspecified atom stereocenters. The quantitative estimate of drug-likeness (QED) is 0.638. The zero-order valence-corrected chi connectivity index (χ0v) is 7.19. The van der Waals surface area contributed by atoms with Gasteiger partial charge in [0.1, 0.15) is 0 Å². The van der Waals surface area contributed by atoms with Gasteiger partial charge in [0, 0.05) is 6.42 Å². The lowest BCUT2D eigenvalue weighted by molar-refractivity contribution is -0.121. The standard InChI is InChI=1S/C7H12N4O2/c8-3-1-2-7(12)9-4-6-10-5-13-11-6/h5H,1-4,8H2,(H,9,12). The van der Waals surface area contributed by atoms with Crippen LogP contribution in [0.2, 0.25) is 0 Å². The first-order chi connectivity index (χ1) is 6.33. The van der Waals surface area contributed by atoms with Gasteiger partial charge >= 0.3 is 0 Å². The van der Waals surface area contributed by atoms with Crippen molar-refractivity contribution in [3.8, 4) is 0 Å². The predicted molar refractivity (Wildman–Crippen MR) is 44.4 cm³/mol. The summed E-state index contributed by atoms with van der Waals surface area (Å²) in [6.07, 6.45) is 2.35. The molecule has 0 bridgehead atoms. The summed E-state index contributed by atoms with van der Waals surface area (Å²) in [7, 11) is 0. The van der Waals surface area contributed by atoms with E-state index in [1.165, 1.54) is 6.39 Å². The van der Waals surface area contributed by atoms with Crippen molar-refractivity contribution >= 4 is 5.91 Å². The Hall–Kier alpha value is -1.43. The number of nitrogens with zero attached hydrogens (tertiary/aromatic N) is 2. The van der Waals surface area contributed by atoms with Crippen molar-refractivity contribution in [1.29, 1.82) is 0 Å². The SMILES string of the molecule is NCCCC(=O)NCc1ncon1. The third kappa shape index (κ3) is 3.66. The van der Waals surface area contributed by atoms with E-state index in [1.54, 1.807) is 0 Å². The Morgan fingerprint density at radius 1 is 1.69 bits per heavy atom. The fraction of sp³-hybridized carbons (Fsp3) is 0.571. The minimum absolute atomic E-state index is 0.0461. The molecular weight excluding hydrogens is 172 g/mol. The maximum absolute atomic E-state index is 11.0. The molecule has 0 aliphatic rings. The Kier molecular flexibility index (Phi) is 3.90. The lowest BCUT2D eigenvalue weighted by Crippen LogP contribution is -2.23. The number of aromatic nitrogens is 2. The van der Waals surface area contributed by atoms with Crippen LogP contribution in [0.3, 0.4) is 0 Å². The van der Waals surface area contributed by atoms with E-state index in [0.29, 0.717) is 31.8 Å². The molecule has 0 aromatic carbocycles. The minimum Gasteiger partial charge on any atom is -0.349 e. The van der Waals surface area contributed by atoms with Crippen LogP contribution in [-0.4, -0.2) is 22.6 Å². The molecule has 13 heavy (non-hydrogen) atoms. The van der Waals surface area contributed by atoms with E-state index in [0.717, 1.165) is 0 Å². The molecule has 6 nitrogen and oxygen atoms in total. The molecule has 0 aliphatic heterocycles. The molecule has 0 saturated heterocycles. The molecule has 0 atom stereocenters. The molecule has 0 spiro atoms. The highest BCUT2D eigenvalue weighted by Crippen LogP contribution is 1.89. The van der Waals surface area contributed by atoms with E-state index in [9.17, 15) is 4.79 Å². The molecule has 1 heterocycles. The van der Waals surface area contributed by atoms with Crippen molar-refractivity contribution < 1.29 is 9.32 Å². The van der Waals surface area contributed by atoms with Gasteiger partial charge in [-0.05, 0) is 13.0 Å². The summed E-state index contributed by atoms with van der Waals surface area (Å²) in [4.78, 5) is 14.8. The third-order valence-corrected chi connectivity index (χ3v) is 1.46. The number of hydrogen-bond donors (Lipinski definition) is 2. The third-order valence-electron chi connectivity index (χ3n) is 1.46. The molecule has 1 rings (SSSR count). The fourth-order valence-corrected chi connectivity index (χ4v) is 0.799. The van der Waals surface area contributed by atoms with Crippen molar-refractivity contribution in [2.75, 3.05) is 6.54 Å². The van der Waals surface area contributed by atoms with Gasteiger partial charge in [-0.1, -0.05) is 5.16 Å². The Morgan fingerprint density at radius 3 is 3.15 bits per heavy atom. The maximum atomic E-state index is 11.0. The van der Waals surface area contributed by atoms with Gasteiger partial charge in [0.25, 0.3) is 0 Å². The Balaban J connectivity index is 2.15.